The van der Waals surface area contributed by atoms with Crippen LogP contribution in [0.3, 0.4) is 0 Å². The summed E-state index contributed by atoms with van der Waals surface area (Å²) in [5, 5.41) is 1.28. The molecule has 1 aliphatic carbocycles. The van der Waals surface area contributed by atoms with Gasteiger partial charge in [-0.3, -0.25) is 0 Å². The van der Waals surface area contributed by atoms with E-state index in [1.54, 1.807) is 0 Å². The molecule has 0 N–H and O–H groups in total. The van der Waals surface area contributed by atoms with E-state index in [4.69, 9.17) is 21.8 Å². The van der Waals surface area contributed by atoms with Crippen LogP contribution < -0.4 is 5.19 Å². The van der Waals surface area contributed by atoms with Crippen LogP contribution in [0.15, 0.2) is 182 Å². The fraction of sp³-hybridized carbons (Fsp3) is 0.0816. The van der Waals surface area contributed by atoms with Crippen molar-refractivity contribution in [3.63, 3.8) is 0 Å². The van der Waals surface area contributed by atoms with Crippen molar-refractivity contribution in [2.45, 2.75) is 25.1 Å². The van der Waals surface area contributed by atoms with Crippen molar-refractivity contribution in [2.75, 3.05) is 0 Å². The van der Waals surface area contributed by atoms with Crippen LogP contribution in [-0.2, 0) is 5.41 Å². The summed E-state index contributed by atoms with van der Waals surface area (Å²) >= 11 is 0. The summed E-state index contributed by atoms with van der Waals surface area (Å²) in [6.45, 7) is 6.86. The monoisotopic (exact) mass is 702 g/mol. The van der Waals surface area contributed by atoms with Crippen molar-refractivity contribution in [3.8, 4) is 56.4 Å². The van der Waals surface area contributed by atoms with E-state index in [0.29, 0.717) is 17.2 Å². The summed E-state index contributed by atoms with van der Waals surface area (Å²) in [6.07, 6.45) is 0. The Balaban J connectivity index is 1.23. The fourth-order valence-corrected chi connectivity index (χ4v) is 8.86. The molecule has 1 aliphatic rings. The van der Waals surface area contributed by atoms with Crippen LogP contribution in [0.1, 0.15) is 29.1 Å². The molecule has 0 amide bonds. The van der Waals surface area contributed by atoms with E-state index in [-0.39, 0.29) is 23.5 Å². The summed E-state index contributed by atoms with van der Waals surface area (Å²) in [7, 11) is -1.59. The lowest BCUT2D eigenvalue weighted by Crippen LogP contribution is -2.37. The molecule has 9 rings (SSSR count). The second-order valence-corrected chi connectivity index (χ2v) is 19.6. The lowest BCUT2D eigenvalue weighted by molar-refractivity contribution is 0.769. The van der Waals surface area contributed by atoms with Gasteiger partial charge >= 0.3 is 0 Å². The first-order chi connectivity index (χ1) is 28.0. The average Bonchev–Trinajstić information content (AvgIpc) is 3.56. The number of fused-ring (bicyclic) bond motifs is 3. The minimum Gasteiger partial charge on any atom is -0.208 e. The van der Waals surface area contributed by atoms with Gasteiger partial charge in [0.05, 0.1) is 20.3 Å². The molecule has 1 heterocycles. The first kappa shape index (κ1) is 27.4. The molecule has 0 aliphatic heterocycles. The molecule has 0 saturated carbocycles. The van der Waals surface area contributed by atoms with Crippen molar-refractivity contribution in [3.05, 3.63) is 204 Å². The molecule has 0 atom stereocenters. The number of benzene rings is 7. The Morgan fingerprint density at radius 2 is 0.962 bits per heavy atom. The highest BCUT2D eigenvalue weighted by Gasteiger charge is 2.46. The Bertz CT molecular complexity index is 2810. The third-order valence-corrected chi connectivity index (χ3v) is 12.3. The van der Waals surface area contributed by atoms with Crippen LogP contribution in [0, 0.1) is 0 Å². The van der Waals surface area contributed by atoms with Crippen molar-refractivity contribution in [2.24, 2.45) is 0 Å². The standard InChI is InChI=1S/C49H39N3Si/c1-53(2,3)41-29-26-35(27-30-41)47-50-46(34-16-7-4-8-17-34)51-48(52-47)38-19-15-18-36(32-38)37-28-31-43-42-24-13-14-25-44(42)49(45(43)33-37,39-20-9-5-10-21-39)40-22-11-6-12-23-40/h4-33H,1-3H3/i4D,7D,8D,16D,17D. The molecule has 0 radical (unpaired) electrons. The minimum absolute atomic E-state index is 0.0162. The lowest BCUT2D eigenvalue weighted by Gasteiger charge is -2.34. The van der Waals surface area contributed by atoms with Gasteiger partial charge in [0.25, 0.3) is 0 Å². The Kier molecular flexibility index (Phi) is 6.76. The van der Waals surface area contributed by atoms with Gasteiger partial charge in [-0.05, 0) is 56.6 Å². The highest BCUT2D eigenvalue weighted by atomic mass is 28.3. The highest BCUT2D eigenvalue weighted by molar-refractivity contribution is 6.88. The maximum atomic E-state index is 8.76. The smallest absolute Gasteiger partial charge is 0.164 e. The molecule has 254 valence electrons. The molecule has 0 bridgehead atoms. The summed E-state index contributed by atoms with van der Waals surface area (Å²) < 4.78 is 42.5. The molecule has 0 fully saturated rings. The number of hydrogen-bond acceptors (Lipinski definition) is 3. The van der Waals surface area contributed by atoms with Gasteiger partial charge in [-0.2, -0.15) is 0 Å². The minimum atomic E-state index is -1.59. The number of hydrogen-bond donors (Lipinski definition) is 0. The van der Waals surface area contributed by atoms with Crippen molar-refractivity contribution < 1.29 is 6.85 Å². The highest BCUT2D eigenvalue weighted by Crippen LogP contribution is 2.56. The average molecular weight is 703 g/mol. The number of aromatic nitrogens is 3. The van der Waals surface area contributed by atoms with Crippen LogP contribution in [0.2, 0.25) is 19.6 Å². The predicted octanol–water partition coefficient (Wildman–Crippen LogP) is 11.4. The van der Waals surface area contributed by atoms with Gasteiger partial charge in [0.1, 0.15) is 0 Å². The summed E-state index contributed by atoms with van der Waals surface area (Å²) in [4.78, 5) is 14.6. The quantitative estimate of drug-likeness (QED) is 0.155. The van der Waals surface area contributed by atoms with E-state index in [1.165, 1.54) is 38.6 Å². The van der Waals surface area contributed by atoms with Gasteiger partial charge in [-0.1, -0.05) is 195 Å². The van der Waals surface area contributed by atoms with Crippen LogP contribution >= 0.6 is 0 Å². The zero-order chi connectivity index (χ0) is 40.3. The zero-order valence-electron chi connectivity index (χ0n) is 34.8. The third-order valence-electron chi connectivity index (χ3n) is 10.3. The van der Waals surface area contributed by atoms with Gasteiger partial charge in [0.15, 0.2) is 17.5 Å². The van der Waals surface area contributed by atoms with Gasteiger partial charge in [0, 0.05) is 16.7 Å². The fourth-order valence-electron chi connectivity index (χ4n) is 7.69. The lowest BCUT2D eigenvalue weighted by atomic mass is 9.67. The molecule has 53 heavy (non-hydrogen) atoms. The SMILES string of the molecule is [2H]c1c([2H])c([2H])c(-c2nc(-c3ccc([Si](C)(C)C)cc3)nc(-c3cccc(-c4ccc5c(c4)C(c4ccccc4)(c4ccccc4)c4ccccc4-5)c3)n2)c([2H])c1[2H]. The van der Waals surface area contributed by atoms with Gasteiger partial charge in [-0.15, -0.1) is 0 Å². The summed E-state index contributed by atoms with van der Waals surface area (Å²) in [6, 6.07) is 51.0. The molecule has 7 aromatic carbocycles. The van der Waals surface area contributed by atoms with E-state index in [0.717, 1.165) is 16.7 Å². The Hall–Kier alpha value is -6.23. The molecule has 3 nitrogen and oxygen atoms in total. The van der Waals surface area contributed by atoms with Crippen molar-refractivity contribution in [1.82, 2.24) is 15.0 Å². The maximum absolute atomic E-state index is 8.76. The third kappa shape index (κ3) is 5.72. The molecule has 1 aromatic heterocycles. The van der Waals surface area contributed by atoms with E-state index >= 15 is 0 Å². The molecular weight excluding hydrogens is 659 g/mol. The largest absolute Gasteiger partial charge is 0.208 e. The maximum Gasteiger partial charge on any atom is 0.164 e. The molecule has 8 aromatic rings. The van der Waals surface area contributed by atoms with Crippen LogP contribution in [0.5, 0.6) is 0 Å². The molecule has 4 heteroatoms. The second-order valence-electron chi connectivity index (χ2n) is 14.5. The van der Waals surface area contributed by atoms with Gasteiger partial charge in [-0.25, -0.2) is 15.0 Å². The Morgan fingerprint density at radius 1 is 0.434 bits per heavy atom. The first-order valence-corrected chi connectivity index (χ1v) is 21.4. The molecule has 0 unspecified atom stereocenters. The zero-order valence-corrected chi connectivity index (χ0v) is 30.8. The first-order valence-electron chi connectivity index (χ1n) is 20.4. The Morgan fingerprint density at radius 3 is 1.62 bits per heavy atom. The van der Waals surface area contributed by atoms with E-state index in [1.807, 2.05) is 24.3 Å². The van der Waals surface area contributed by atoms with Crippen molar-refractivity contribution >= 4 is 13.3 Å². The van der Waals surface area contributed by atoms with Crippen LogP contribution in [0.4, 0.5) is 0 Å². The number of nitrogens with zero attached hydrogens (tertiary/aromatic N) is 3. The second kappa shape index (κ2) is 13.1. The van der Waals surface area contributed by atoms with E-state index in [2.05, 4.69) is 147 Å². The topological polar surface area (TPSA) is 38.7 Å². The van der Waals surface area contributed by atoms with Crippen molar-refractivity contribution in [1.29, 1.82) is 0 Å². The predicted molar refractivity (Wildman–Crippen MR) is 222 cm³/mol. The van der Waals surface area contributed by atoms with Crippen LogP contribution in [0.25, 0.3) is 56.4 Å². The number of rotatable bonds is 7. The molecule has 0 saturated heterocycles. The Labute approximate surface area is 319 Å². The normalized spacial score (nSPS) is 14.3. The van der Waals surface area contributed by atoms with E-state index in [9.17, 15) is 0 Å². The summed E-state index contributed by atoms with van der Waals surface area (Å²) in [5.74, 6) is 0.701. The van der Waals surface area contributed by atoms with E-state index < -0.39 is 31.6 Å². The van der Waals surface area contributed by atoms with Gasteiger partial charge < -0.3 is 0 Å². The molecular formula is C49H39N3Si. The van der Waals surface area contributed by atoms with Gasteiger partial charge in [0.2, 0.25) is 0 Å². The summed E-state index contributed by atoms with van der Waals surface area (Å²) in [5.41, 5.74) is 10.0. The molecule has 0 spiro atoms. The van der Waals surface area contributed by atoms with Crippen LogP contribution in [-0.4, -0.2) is 23.0 Å².